The summed E-state index contributed by atoms with van der Waals surface area (Å²) in [5, 5.41) is 0. The molecule has 3 heteroatoms. The molecular weight excluding hydrogens is 232 g/mol. The first-order valence-electron chi connectivity index (χ1n) is 2.44. The molecule has 0 saturated carbocycles. The molecule has 0 N–H and O–H groups in total. The van der Waals surface area contributed by atoms with Gasteiger partial charge in [0, 0.05) is 0 Å². The fraction of sp³-hybridized carbons (Fsp3) is 0.800. The second-order valence-corrected chi connectivity index (χ2v) is 7.91. The van der Waals surface area contributed by atoms with Gasteiger partial charge in [-0.1, -0.05) is 0 Å². The van der Waals surface area contributed by atoms with Crippen molar-refractivity contribution in [1.82, 2.24) is 0 Å². The van der Waals surface area contributed by atoms with Gasteiger partial charge in [0.25, 0.3) is 0 Å². The number of rotatable bonds is 2. The molecule has 0 amide bonds. The first-order chi connectivity index (χ1) is 3.63. The summed E-state index contributed by atoms with van der Waals surface area (Å²) in [4.78, 5) is 0. The van der Waals surface area contributed by atoms with Crippen LogP contribution in [0.3, 0.4) is 0 Å². The van der Waals surface area contributed by atoms with E-state index in [1.54, 1.807) is 0 Å². The zero-order chi connectivity index (χ0) is 6.57. The van der Waals surface area contributed by atoms with Crippen LogP contribution in [0.25, 0.3) is 0 Å². The first kappa shape index (κ1) is 9.07. The van der Waals surface area contributed by atoms with Crippen molar-refractivity contribution in [2.75, 3.05) is 0 Å². The Bertz CT molecular complexity index is 84.4. The maximum absolute atomic E-state index is 5.58. The van der Waals surface area contributed by atoms with Crippen molar-refractivity contribution in [2.24, 2.45) is 5.92 Å². The van der Waals surface area contributed by atoms with E-state index in [0.717, 1.165) is 6.42 Å². The predicted molar refractivity (Wildman–Crippen MR) is 37.2 cm³/mol. The molecule has 0 heterocycles. The molecule has 0 aliphatic heterocycles. The van der Waals surface area contributed by atoms with Crippen LogP contribution in [0.2, 0.25) is 0 Å². The summed E-state index contributed by atoms with van der Waals surface area (Å²) in [5.74, 6) is 0.698. The molecule has 52 valence electrons. The maximum atomic E-state index is 5.58. The third-order valence-corrected chi connectivity index (χ3v) is 2.90. The van der Waals surface area contributed by atoms with Crippen molar-refractivity contribution in [3.8, 4) is 0 Å². The predicted octanol–water partition coefficient (Wildman–Crippen LogP) is 2.76. The Balaban J connectivity index is 3.29. The molecule has 0 aliphatic carbocycles. The first-order valence-corrected chi connectivity index (χ1v) is 7.92. The second-order valence-electron chi connectivity index (χ2n) is 1.98. The Labute approximate surface area is 63.7 Å². The van der Waals surface area contributed by atoms with Gasteiger partial charge in [-0.25, -0.2) is 0 Å². The van der Waals surface area contributed by atoms with Crippen LogP contribution in [-0.2, 0) is 13.5 Å². The van der Waals surface area contributed by atoms with Gasteiger partial charge in [0.1, 0.15) is 0 Å². The summed E-state index contributed by atoms with van der Waals surface area (Å²) in [6.45, 7) is 4.31. The van der Waals surface area contributed by atoms with E-state index in [1.165, 1.54) is 0 Å². The van der Waals surface area contributed by atoms with Crippen LogP contribution in [0, 0.1) is 5.92 Å². The van der Waals surface area contributed by atoms with Gasteiger partial charge in [0.15, 0.2) is 0 Å². The van der Waals surface area contributed by atoms with Crippen molar-refractivity contribution in [1.29, 1.82) is 0 Å². The summed E-state index contributed by atoms with van der Waals surface area (Å²) in [7, 11) is 11.2. The van der Waals surface area contributed by atoms with Gasteiger partial charge in [-0.2, -0.15) is 0 Å². The van der Waals surface area contributed by atoms with Crippen molar-refractivity contribution < 1.29 is 13.5 Å². The standard InChI is InChI=1S/C5H10.2ClH.Ru/c1-4-5(2)3;;;/h1,5H,4H2,2-3H3;2*1H;/q;;;+2/p-2. The molecule has 0 aromatic rings. The summed E-state index contributed by atoms with van der Waals surface area (Å²) < 4.78 is 2.04. The van der Waals surface area contributed by atoms with Gasteiger partial charge in [-0.15, -0.1) is 0 Å². The second kappa shape index (κ2) is 4.91. The number of halogens is 2. The summed E-state index contributed by atoms with van der Waals surface area (Å²) >= 11 is -1.44. The molecule has 0 unspecified atom stereocenters. The zero-order valence-corrected chi connectivity index (χ0v) is 8.22. The van der Waals surface area contributed by atoms with Gasteiger partial charge < -0.3 is 0 Å². The fourth-order valence-corrected chi connectivity index (χ4v) is 2.10. The third kappa shape index (κ3) is 7.07. The number of hydrogen-bond acceptors (Lipinski definition) is 0. The van der Waals surface area contributed by atoms with Crippen LogP contribution in [0.1, 0.15) is 20.3 Å². The monoisotopic (exact) mass is 242 g/mol. The van der Waals surface area contributed by atoms with Crippen molar-refractivity contribution >= 4 is 24.0 Å². The van der Waals surface area contributed by atoms with Crippen LogP contribution in [0.4, 0.5) is 0 Å². The van der Waals surface area contributed by atoms with Gasteiger partial charge in [0.05, 0.1) is 0 Å². The van der Waals surface area contributed by atoms with Crippen LogP contribution in [0.5, 0.6) is 0 Å². The molecule has 0 fully saturated rings. The molecular formula is C5H10Cl2Ru. The van der Waals surface area contributed by atoms with E-state index in [2.05, 4.69) is 13.8 Å². The Morgan fingerprint density at radius 2 is 2.00 bits per heavy atom. The van der Waals surface area contributed by atoms with Crippen LogP contribution in [0.15, 0.2) is 0 Å². The van der Waals surface area contributed by atoms with Crippen molar-refractivity contribution in [3.05, 3.63) is 0 Å². The molecule has 0 bridgehead atoms. The molecule has 0 aromatic carbocycles. The zero-order valence-electron chi connectivity index (χ0n) is 4.97. The molecule has 0 spiro atoms. The average molecular weight is 242 g/mol. The van der Waals surface area contributed by atoms with Crippen LogP contribution < -0.4 is 0 Å². The van der Waals surface area contributed by atoms with E-state index in [9.17, 15) is 0 Å². The Morgan fingerprint density at radius 1 is 1.50 bits per heavy atom. The third-order valence-electron chi connectivity index (χ3n) is 0.664. The minimum absolute atomic E-state index is 0.698. The van der Waals surface area contributed by atoms with E-state index in [1.807, 2.05) is 4.61 Å². The Hall–Kier alpha value is 1.07. The average Bonchev–Trinajstić information content (AvgIpc) is 1.61. The molecule has 0 aromatic heterocycles. The topological polar surface area (TPSA) is 0 Å². The Kier molecular flexibility index (Phi) is 5.56. The van der Waals surface area contributed by atoms with Crippen LogP contribution in [-0.4, -0.2) is 4.61 Å². The molecule has 0 saturated heterocycles. The summed E-state index contributed by atoms with van der Waals surface area (Å²) in [6.07, 6.45) is 1.06. The molecule has 8 heavy (non-hydrogen) atoms. The molecule has 0 atom stereocenters. The van der Waals surface area contributed by atoms with Gasteiger partial charge in [0.2, 0.25) is 0 Å². The molecule has 0 rings (SSSR count). The van der Waals surface area contributed by atoms with E-state index < -0.39 is 13.5 Å². The quantitative estimate of drug-likeness (QED) is 0.653. The van der Waals surface area contributed by atoms with Gasteiger partial charge >= 0.3 is 63.7 Å². The Morgan fingerprint density at radius 3 is 2.12 bits per heavy atom. The fourth-order valence-electron chi connectivity index (χ4n) is 0.230. The minimum atomic E-state index is -1.44. The summed E-state index contributed by atoms with van der Waals surface area (Å²) in [6, 6.07) is 0. The van der Waals surface area contributed by atoms with Crippen molar-refractivity contribution in [2.45, 2.75) is 20.3 Å². The summed E-state index contributed by atoms with van der Waals surface area (Å²) in [5.41, 5.74) is 0. The molecule has 0 aliphatic rings. The normalized spacial score (nSPS) is 11.9. The van der Waals surface area contributed by atoms with Gasteiger partial charge in [-0.05, 0) is 0 Å². The van der Waals surface area contributed by atoms with Crippen LogP contribution >= 0.6 is 19.4 Å². The van der Waals surface area contributed by atoms with E-state index >= 15 is 0 Å². The molecule has 0 radical (unpaired) electrons. The number of hydrogen-bond donors (Lipinski definition) is 0. The van der Waals surface area contributed by atoms with Crippen molar-refractivity contribution in [3.63, 3.8) is 0 Å². The van der Waals surface area contributed by atoms with E-state index in [-0.39, 0.29) is 0 Å². The van der Waals surface area contributed by atoms with Gasteiger partial charge in [-0.3, -0.25) is 0 Å². The van der Waals surface area contributed by atoms with E-state index in [4.69, 9.17) is 19.4 Å². The van der Waals surface area contributed by atoms with E-state index in [0.29, 0.717) is 5.92 Å². The SMILES string of the molecule is CC(C)C[CH]=[Ru]([Cl])[Cl]. The molecule has 0 nitrogen and oxygen atoms in total.